The van der Waals surface area contributed by atoms with Crippen LogP contribution in [0.15, 0.2) is 104 Å². The summed E-state index contributed by atoms with van der Waals surface area (Å²) >= 11 is 0. The van der Waals surface area contributed by atoms with E-state index in [1.54, 1.807) is 0 Å². The molecule has 0 bridgehead atoms. The molecule has 5 atom stereocenters. The lowest BCUT2D eigenvalue weighted by atomic mass is 9.92. The average Bonchev–Trinajstić information content (AvgIpc) is 2.93. The van der Waals surface area contributed by atoms with Crippen molar-refractivity contribution in [2.75, 3.05) is 6.61 Å². The SMILES string of the molecule is C=CCC[C@@H]1O[C@H](COCc2ccccc2)[C@@H](OCc2ccccc2)[C@H](OCc2ccccc2)[C@H]1O. The third-order valence-electron chi connectivity index (χ3n) is 6.38. The molecule has 3 aromatic rings. The van der Waals surface area contributed by atoms with Crippen LogP contribution in [-0.4, -0.2) is 42.2 Å². The number of benzene rings is 3. The lowest BCUT2D eigenvalue weighted by Gasteiger charge is -2.44. The summed E-state index contributed by atoms with van der Waals surface area (Å²) in [5.74, 6) is 0. The quantitative estimate of drug-likeness (QED) is 0.324. The number of hydrogen-bond acceptors (Lipinski definition) is 5. The summed E-state index contributed by atoms with van der Waals surface area (Å²) < 4.78 is 25.2. The van der Waals surface area contributed by atoms with Crippen molar-refractivity contribution in [1.82, 2.24) is 0 Å². The van der Waals surface area contributed by atoms with Crippen molar-refractivity contribution in [3.63, 3.8) is 0 Å². The van der Waals surface area contributed by atoms with Crippen molar-refractivity contribution in [2.24, 2.45) is 0 Å². The third-order valence-corrected chi connectivity index (χ3v) is 6.38. The Morgan fingerprint density at radius 2 is 1.19 bits per heavy atom. The Kier molecular flexibility index (Phi) is 10.3. The molecule has 1 heterocycles. The number of rotatable bonds is 13. The fraction of sp³-hybridized carbons (Fsp3) is 0.355. The normalized spacial score (nSPS) is 23.9. The van der Waals surface area contributed by atoms with Crippen LogP contribution in [0.1, 0.15) is 29.5 Å². The highest BCUT2D eigenvalue weighted by Crippen LogP contribution is 2.30. The van der Waals surface area contributed by atoms with Crippen LogP contribution in [0.4, 0.5) is 0 Å². The third kappa shape index (κ3) is 7.60. The summed E-state index contributed by atoms with van der Waals surface area (Å²) in [7, 11) is 0. The van der Waals surface area contributed by atoms with Crippen LogP contribution in [0.25, 0.3) is 0 Å². The monoisotopic (exact) mass is 488 g/mol. The van der Waals surface area contributed by atoms with Gasteiger partial charge in [-0.25, -0.2) is 0 Å². The summed E-state index contributed by atoms with van der Waals surface area (Å²) in [6, 6.07) is 30.0. The largest absolute Gasteiger partial charge is 0.388 e. The van der Waals surface area contributed by atoms with Gasteiger partial charge in [-0.05, 0) is 29.5 Å². The van der Waals surface area contributed by atoms with Gasteiger partial charge in [-0.3, -0.25) is 0 Å². The molecule has 5 heteroatoms. The lowest BCUT2D eigenvalue weighted by Crippen LogP contribution is -2.60. The van der Waals surface area contributed by atoms with Crippen LogP contribution in [-0.2, 0) is 38.8 Å². The average molecular weight is 489 g/mol. The van der Waals surface area contributed by atoms with E-state index in [-0.39, 0.29) is 0 Å². The van der Waals surface area contributed by atoms with E-state index in [0.29, 0.717) is 32.8 Å². The van der Waals surface area contributed by atoms with Crippen molar-refractivity contribution in [1.29, 1.82) is 0 Å². The minimum Gasteiger partial charge on any atom is -0.388 e. The van der Waals surface area contributed by atoms with E-state index in [9.17, 15) is 5.11 Å². The molecule has 5 nitrogen and oxygen atoms in total. The van der Waals surface area contributed by atoms with Crippen LogP contribution in [0, 0.1) is 0 Å². The highest BCUT2D eigenvalue weighted by molar-refractivity contribution is 5.15. The van der Waals surface area contributed by atoms with Gasteiger partial charge in [-0.1, -0.05) is 97.1 Å². The van der Waals surface area contributed by atoms with E-state index in [0.717, 1.165) is 23.1 Å². The Balaban J connectivity index is 1.51. The molecule has 0 radical (unpaired) electrons. The number of hydrogen-bond donors (Lipinski definition) is 1. The zero-order chi connectivity index (χ0) is 25.0. The highest BCUT2D eigenvalue weighted by Gasteiger charge is 2.46. The summed E-state index contributed by atoms with van der Waals surface area (Å²) in [5, 5.41) is 11.3. The molecule has 0 aromatic heterocycles. The Morgan fingerprint density at radius 3 is 1.72 bits per heavy atom. The minimum absolute atomic E-state index is 0.330. The molecule has 0 spiro atoms. The zero-order valence-electron chi connectivity index (χ0n) is 20.7. The summed E-state index contributed by atoms with van der Waals surface area (Å²) in [4.78, 5) is 0. The van der Waals surface area contributed by atoms with E-state index in [2.05, 4.69) is 6.58 Å². The van der Waals surface area contributed by atoms with Gasteiger partial charge in [0.15, 0.2) is 0 Å². The van der Waals surface area contributed by atoms with E-state index < -0.39 is 30.5 Å². The van der Waals surface area contributed by atoms with E-state index in [1.165, 1.54) is 0 Å². The molecular weight excluding hydrogens is 452 g/mol. The Morgan fingerprint density at radius 1 is 0.694 bits per heavy atom. The predicted octanol–water partition coefficient (Wildman–Crippen LogP) is 5.47. The second-order valence-electron chi connectivity index (χ2n) is 9.09. The van der Waals surface area contributed by atoms with E-state index >= 15 is 0 Å². The first-order chi connectivity index (χ1) is 17.7. The number of allylic oxidation sites excluding steroid dienone is 1. The van der Waals surface area contributed by atoms with Crippen molar-refractivity contribution >= 4 is 0 Å². The van der Waals surface area contributed by atoms with Crippen molar-refractivity contribution < 1.29 is 24.1 Å². The smallest absolute Gasteiger partial charge is 0.115 e. The van der Waals surface area contributed by atoms with Crippen LogP contribution >= 0.6 is 0 Å². The first kappa shape index (κ1) is 26.3. The maximum absolute atomic E-state index is 11.3. The molecule has 4 rings (SSSR count). The second-order valence-corrected chi connectivity index (χ2v) is 9.09. The molecule has 1 saturated heterocycles. The Bertz CT molecular complexity index is 1010. The maximum Gasteiger partial charge on any atom is 0.115 e. The Labute approximate surface area is 214 Å². The molecule has 3 aromatic carbocycles. The molecular formula is C31H36O5. The number of aliphatic hydroxyl groups excluding tert-OH is 1. The van der Waals surface area contributed by atoms with Gasteiger partial charge in [-0.2, -0.15) is 0 Å². The molecule has 190 valence electrons. The number of ether oxygens (including phenoxy) is 4. The fourth-order valence-corrected chi connectivity index (χ4v) is 4.45. The standard InChI is InChI=1S/C31H36O5/c1-2-3-19-27-29(32)31(35-22-26-17-11-6-12-18-26)30(34-21-25-15-9-5-10-16-25)28(36-27)23-33-20-24-13-7-4-8-14-24/h2,4-18,27-32H,1,3,19-23H2/t27-,28+,29-,30+,31+/m0/s1. The van der Waals surface area contributed by atoms with Gasteiger partial charge in [-0.15, -0.1) is 6.58 Å². The minimum atomic E-state index is -0.834. The molecule has 36 heavy (non-hydrogen) atoms. The van der Waals surface area contributed by atoms with Gasteiger partial charge in [0.2, 0.25) is 0 Å². The van der Waals surface area contributed by atoms with Gasteiger partial charge in [0.1, 0.15) is 24.4 Å². The zero-order valence-corrected chi connectivity index (χ0v) is 20.7. The molecule has 0 unspecified atom stereocenters. The molecule has 1 aliphatic rings. The van der Waals surface area contributed by atoms with Gasteiger partial charge < -0.3 is 24.1 Å². The van der Waals surface area contributed by atoms with Crippen LogP contribution in [0.5, 0.6) is 0 Å². The second kappa shape index (κ2) is 14.1. The molecule has 0 aliphatic carbocycles. The van der Waals surface area contributed by atoms with Crippen molar-refractivity contribution in [3.8, 4) is 0 Å². The van der Waals surface area contributed by atoms with Crippen molar-refractivity contribution in [2.45, 2.75) is 63.2 Å². The molecule has 1 N–H and O–H groups in total. The maximum atomic E-state index is 11.3. The van der Waals surface area contributed by atoms with Crippen molar-refractivity contribution in [3.05, 3.63) is 120 Å². The predicted molar refractivity (Wildman–Crippen MR) is 140 cm³/mol. The molecule has 0 saturated carbocycles. The van der Waals surface area contributed by atoms with E-state index in [4.69, 9.17) is 18.9 Å². The summed E-state index contributed by atoms with van der Waals surface area (Å²) in [5.41, 5.74) is 3.18. The molecule has 1 aliphatic heterocycles. The fourth-order valence-electron chi connectivity index (χ4n) is 4.45. The van der Waals surface area contributed by atoms with Gasteiger partial charge >= 0.3 is 0 Å². The molecule has 1 fully saturated rings. The topological polar surface area (TPSA) is 57.2 Å². The van der Waals surface area contributed by atoms with Crippen LogP contribution in [0.2, 0.25) is 0 Å². The first-order valence-electron chi connectivity index (χ1n) is 12.6. The van der Waals surface area contributed by atoms with Gasteiger partial charge in [0, 0.05) is 0 Å². The first-order valence-corrected chi connectivity index (χ1v) is 12.6. The summed E-state index contributed by atoms with van der Waals surface area (Å²) in [6.07, 6.45) is 0.537. The molecule has 0 amide bonds. The Hall–Kier alpha value is -2.80. The highest BCUT2D eigenvalue weighted by atomic mass is 16.6. The lowest BCUT2D eigenvalue weighted by molar-refractivity contribution is -0.261. The van der Waals surface area contributed by atoms with Crippen LogP contribution in [0.3, 0.4) is 0 Å². The number of aliphatic hydroxyl groups is 1. The van der Waals surface area contributed by atoms with Gasteiger partial charge in [0.05, 0.1) is 32.5 Å². The van der Waals surface area contributed by atoms with Gasteiger partial charge in [0.25, 0.3) is 0 Å². The van der Waals surface area contributed by atoms with Crippen LogP contribution < -0.4 is 0 Å². The summed E-state index contributed by atoms with van der Waals surface area (Å²) in [6.45, 7) is 5.39. The van der Waals surface area contributed by atoms with E-state index in [1.807, 2.05) is 97.1 Å².